The molecule has 2 unspecified atom stereocenters. The lowest BCUT2D eigenvalue weighted by atomic mass is 10.1. The van der Waals surface area contributed by atoms with E-state index in [4.69, 9.17) is 21.1 Å². The van der Waals surface area contributed by atoms with Crippen molar-refractivity contribution in [3.8, 4) is 5.75 Å². The van der Waals surface area contributed by atoms with Crippen molar-refractivity contribution in [3.05, 3.63) is 28.8 Å². The first-order valence-corrected chi connectivity index (χ1v) is 6.08. The number of methoxy groups -OCH3 is 1. The largest absolute Gasteiger partial charge is 0.488 e. The minimum atomic E-state index is 0.0176. The number of rotatable bonds is 6. The Hall–Kier alpha value is -0.770. The Kier molecular flexibility index (Phi) is 5.75. The lowest BCUT2D eigenvalue weighted by Gasteiger charge is -2.20. The molecular weight excluding hydrogens is 238 g/mol. The average Bonchev–Trinajstić information content (AvgIpc) is 2.30. The molecule has 0 saturated carbocycles. The molecule has 4 heteroatoms. The van der Waals surface area contributed by atoms with Gasteiger partial charge in [-0.15, -0.1) is 0 Å². The second-order valence-corrected chi connectivity index (χ2v) is 4.51. The predicted octanol–water partition coefficient (Wildman–Crippen LogP) is 3.03. The highest BCUT2D eigenvalue weighted by molar-refractivity contribution is 6.30. The Morgan fingerprint density at radius 1 is 1.35 bits per heavy atom. The molecule has 1 aromatic rings. The zero-order valence-corrected chi connectivity index (χ0v) is 11.5. The van der Waals surface area contributed by atoms with E-state index >= 15 is 0 Å². The molecule has 0 heterocycles. The summed E-state index contributed by atoms with van der Waals surface area (Å²) in [6.45, 7) is 4.61. The van der Waals surface area contributed by atoms with Crippen LogP contribution < -0.4 is 10.1 Å². The molecule has 0 bridgehead atoms. The molecule has 17 heavy (non-hydrogen) atoms. The number of ether oxygens (including phenoxy) is 2. The third kappa shape index (κ3) is 4.19. The molecular formula is C13H20ClNO2. The third-order valence-corrected chi connectivity index (χ3v) is 2.84. The molecule has 2 atom stereocenters. The van der Waals surface area contributed by atoms with Crippen LogP contribution in [0.2, 0.25) is 5.02 Å². The van der Waals surface area contributed by atoms with E-state index < -0.39 is 0 Å². The molecule has 0 spiro atoms. The minimum Gasteiger partial charge on any atom is -0.488 e. The van der Waals surface area contributed by atoms with Gasteiger partial charge < -0.3 is 14.8 Å². The standard InChI is InChI=1S/C13H20ClNO2/c1-9(8-16-4)17-13-6-5-11(14)7-12(13)10(2)15-3/h5-7,9-10,15H,8H2,1-4H3. The fourth-order valence-electron chi connectivity index (χ4n) is 1.61. The van der Waals surface area contributed by atoms with Crippen LogP contribution in [0.5, 0.6) is 5.75 Å². The lowest BCUT2D eigenvalue weighted by Crippen LogP contribution is -2.20. The number of hydrogen-bond donors (Lipinski definition) is 1. The van der Waals surface area contributed by atoms with E-state index in [0.717, 1.165) is 11.3 Å². The summed E-state index contributed by atoms with van der Waals surface area (Å²) in [7, 11) is 3.58. The molecule has 0 aliphatic carbocycles. The van der Waals surface area contributed by atoms with E-state index in [0.29, 0.717) is 11.6 Å². The quantitative estimate of drug-likeness (QED) is 0.850. The van der Waals surface area contributed by atoms with Crippen LogP contribution in [0.3, 0.4) is 0 Å². The second-order valence-electron chi connectivity index (χ2n) is 4.08. The summed E-state index contributed by atoms with van der Waals surface area (Å²) in [6.07, 6.45) is 0.0176. The van der Waals surface area contributed by atoms with E-state index in [1.807, 2.05) is 32.2 Å². The highest BCUT2D eigenvalue weighted by Gasteiger charge is 2.13. The van der Waals surface area contributed by atoms with Crippen LogP contribution in [0.1, 0.15) is 25.5 Å². The molecule has 1 N–H and O–H groups in total. The van der Waals surface area contributed by atoms with Crippen LogP contribution in [-0.2, 0) is 4.74 Å². The van der Waals surface area contributed by atoms with E-state index in [1.165, 1.54) is 0 Å². The van der Waals surface area contributed by atoms with E-state index in [2.05, 4.69) is 12.2 Å². The van der Waals surface area contributed by atoms with Crippen LogP contribution in [0, 0.1) is 0 Å². The number of nitrogens with one attached hydrogen (secondary N) is 1. The number of halogens is 1. The van der Waals surface area contributed by atoms with E-state index in [1.54, 1.807) is 7.11 Å². The van der Waals surface area contributed by atoms with Gasteiger partial charge >= 0.3 is 0 Å². The Morgan fingerprint density at radius 2 is 2.06 bits per heavy atom. The van der Waals surface area contributed by atoms with E-state index in [9.17, 15) is 0 Å². The van der Waals surface area contributed by atoms with Gasteiger partial charge in [0.15, 0.2) is 0 Å². The molecule has 0 aliphatic heterocycles. The van der Waals surface area contributed by atoms with Gasteiger partial charge in [-0.2, -0.15) is 0 Å². The Labute approximate surface area is 108 Å². The summed E-state index contributed by atoms with van der Waals surface area (Å²) < 4.78 is 10.9. The van der Waals surface area contributed by atoms with Gasteiger partial charge in [-0.05, 0) is 39.1 Å². The summed E-state index contributed by atoms with van der Waals surface area (Å²) in [5.41, 5.74) is 1.06. The van der Waals surface area contributed by atoms with Crippen molar-refractivity contribution in [1.82, 2.24) is 5.32 Å². The highest BCUT2D eigenvalue weighted by Crippen LogP contribution is 2.28. The second kappa shape index (κ2) is 6.84. The van der Waals surface area contributed by atoms with Crippen molar-refractivity contribution in [2.24, 2.45) is 0 Å². The van der Waals surface area contributed by atoms with Gasteiger partial charge in [0.25, 0.3) is 0 Å². The summed E-state index contributed by atoms with van der Waals surface area (Å²) in [4.78, 5) is 0. The number of hydrogen-bond acceptors (Lipinski definition) is 3. The monoisotopic (exact) mass is 257 g/mol. The molecule has 0 amide bonds. The maximum absolute atomic E-state index is 6.01. The first kappa shape index (κ1) is 14.3. The molecule has 1 aromatic carbocycles. The first-order valence-electron chi connectivity index (χ1n) is 5.70. The summed E-state index contributed by atoms with van der Waals surface area (Å²) in [5, 5.41) is 3.90. The normalized spacial score (nSPS) is 14.4. The highest BCUT2D eigenvalue weighted by atomic mass is 35.5. The van der Waals surface area contributed by atoms with Gasteiger partial charge in [-0.3, -0.25) is 0 Å². The van der Waals surface area contributed by atoms with Gasteiger partial charge in [-0.1, -0.05) is 11.6 Å². The van der Waals surface area contributed by atoms with E-state index in [-0.39, 0.29) is 12.1 Å². The molecule has 0 saturated heterocycles. The van der Waals surface area contributed by atoms with Crippen molar-refractivity contribution < 1.29 is 9.47 Å². The van der Waals surface area contributed by atoms with Gasteiger partial charge in [0.1, 0.15) is 11.9 Å². The summed E-state index contributed by atoms with van der Waals surface area (Å²) in [6, 6.07) is 5.86. The zero-order valence-electron chi connectivity index (χ0n) is 10.8. The summed E-state index contributed by atoms with van der Waals surface area (Å²) >= 11 is 6.01. The van der Waals surface area contributed by atoms with Crippen molar-refractivity contribution >= 4 is 11.6 Å². The smallest absolute Gasteiger partial charge is 0.124 e. The fraction of sp³-hybridized carbons (Fsp3) is 0.538. The van der Waals surface area contributed by atoms with Crippen molar-refractivity contribution in [3.63, 3.8) is 0 Å². The lowest BCUT2D eigenvalue weighted by molar-refractivity contribution is 0.0911. The fourth-order valence-corrected chi connectivity index (χ4v) is 1.79. The Balaban J connectivity index is 2.90. The van der Waals surface area contributed by atoms with Crippen molar-refractivity contribution in [2.75, 3.05) is 20.8 Å². The van der Waals surface area contributed by atoms with Gasteiger partial charge in [0.2, 0.25) is 0 Å². The van der Waals surface area contributed by atoms with Crippen LogP contribution in [0.15, 0.2) is 18.2 Å². The topological polar surface area (TPSA) is 30.5 Å². The van der Waals surface area contributed by atoms with Crippen LogP contribution in [0.4, 0.5) is 0 Å². The zero-order chi connectivity index (χ0) is 12.8. The van der Waals surface area contributed by atoms with Crippen molar-refractivity contribution in [2.45, 2.75) is 26.0 Å². The van der Waals surface area contributed by atoms with Gasteiger partial charge in [-0.25, -0.2) is 0 Å². The van der Waals surface area contributed by atoms with Crippen LogP contribution in [0.25, 0.3) is 0 Å². The maximum atomic E-state index is 6.01. The van der Waals surface area contributed by atoms with Gasteiger partial charge in [0, 0.05) is 23.7 Å². The van der Waals surface area contributed by atoms with Gasteiger partial charge in [0.05, 0.1) is 6.61 Å². The first-order chi connectivity index (χ1) is 8.08. The number of benzene rings is 1. The SMILES string of the molecule is CNC(C)c1cc(Cl)ccc1OC(C)COC. The average molecular weight is 258 g/mol. The predicted molar refractivity (Wildman–Crippen MR) is 70.9 cm³/mol. The molecule has 0 fully saturated rings. The Morgan fingerprint density at radius 3 is 2.65 bits per heavy atom. The summed E-state index contributed by atoms with van der Waals surface area (Å²) in [5.74, 6) is 0.848. The molecule has 3 nitrogen and oxygen atoms in total. The van der Waals surface area contributed by atoms with Crippen molar-refractivity contribution in [1.29, 1.82) is 0 Å². The third-order valence-electron chi connectivity index (χ3n) is 2.60. The molecule has 0 aliphatic rings. The molecule has 0 aromatic heterocycles. The molecule has 0 radical (unpaired) electrons. The molecule has 1 rings (SSSR count). The Bertz CT molecular complexity index is 357. The van der Waals surface area contributed by atoms with Crippen LogP contribution in [-0.4, -0.2) is 26.9 Å². The minimum absolute atomic E-state index is 0.0176. The maximum Gasteiger partial charge on any atom is 0.124 e. The van der Waals surface area contributed by atoms with Crippen LogP contribution >= 0.6 is 11.6 Å². The molecule has 96 valence electrons.